The van der Waals surface area contributed by atoms with Crippen LogP contribution in [0.3, 0.4) is 0 Å². The summed E-state index contributed by atoms with van der Waals surface area (Å²) < 4.78 is 37.9. The number of anilines is 1. The number of pyridine rings is 1. The summed E-state index contributed by atoms with van der Waals surface area (Å²) in [6.45, 7) is 2.80. The van der Waals surface area contributed by atoms with Crippen LogP contribution in [0.25, 0.3) is 0 Å². The molecule has 1 N–H and O–H groups in total. The quantitative estimate of drug-likeness (QED) is 0.535. The van der Waals surface area contributed by atoms with E-state index in [1.165, 1.54) is 26.4 Å². The van der Waals surface area contributed by atoms with E-state index in [2.05, 4.69) is 5.32 Å². The van der Waals surface area contributed by atoms with Gasteiger partial charge in [0.05, 0.1) is 18.6 Å². The number of nitrogens with one attached hydrogen (secondary N) is 1. The van der Waals surface area contributed by atoms with E-state index in [4.69, 9.17) is 21.1 Å². The molecule has 1 aromatic carbocycles. The number of carbonyl (C=O) groups excluding carboxylic acids is 1. The van der Waals surface area contributed by atoms with Gasteiger partial charge in [-0.2, -0.15) is 0 Å². The van der Waals surface area contributed by atoms with Crippen molar-refractivity contribution in [2.45, 2.75) is 29.5 Å². The van der Waals surface area contributed by atoms with Gasteiger partial charge >= 0.3 is 0 Å². The molecule has 2 heterocycles. The summed E-state index contributed by atoms with van der Waals surface area (Å²) in [7, 11) is -1.13. The molecule has 0 aliphatic rings. The third kappa shape index (κ3) is 4.82. The highest BCUT2D eigenvalue weighted by Gasteiger charge is 2.27. The minimum atomic E-state index is -4.10. The molecule has 170 valence electrons. The van der Waals surface area contributed by atoms with Crippen LogP contribution < -0.4 is 20.3 Å². The van der Waals surface area contributed by atoms with Crippen molar-refractivity contribution in [3.8, 4) is 11.5 Å². The maximum atomic E-state index is 13.2. The lowest BCUT2D eigenvalue weighted by atomic mass is 10.2. The lowest BCUT2D eigenvalue weighted by Crippen LogP contribution is -2.33. The lowest BCUT2D eigenvalue weighted by Gasteiger charge is -2.15. The van der Waals surface area contributed by atoms with Crippen LogP contribution in [0.4, 0.5) is 5.69 Å². The van der Waals surface area contributed by atoms with Gasteiger partial charge in [-0.3, -0.25) is 9.59 Å². The Morgan fingerprint density at radius 2 is 1.72 bits per heavy atom. The van der Waals surface area contributed by atoms with Gasteiger partial charge in [0.15, 0.2) is 0 Å². The molecule has 11 heteroatoms. The van der Waals surface area contributed by atoms with E-state index >= 15 is 0 Å². The first kappa shape index (κ1) is 23.8. The largest absolute Gasteiger partial charge is 0.497 e. The molecule has 0 bridgehead atoms. The van der Waals surface area contributed by atoms with E-state index < -0.39 is 21.3 Å². The number of thiophene rings is 1. The van der Waals surface area contributed by atoms with Gasteiger partial charge in [-0.25, -0.2) is 8.42 Å². The van der Waals surface area contributed by atoms with Gasteiger partial charge in [0.25, 0.3) is 5.56 Å². The molecular formula is C21H21ClN2O6S2. The molecule has 0 aliphatic heterocycles. The van der Waals surface area contributed by atoms with E-state index in [1.807, 2.05) is 0 Å². The molecule has 3 rings (SSSR count). The Morgan fingerprint density at radius 1 is 1.09 bits per heavy atom. The molecule has 0 spiro atoms. The molecule has 0 radical (unpaired) electrons. The van der Waals surface area contributed by atoms with Crippen molar-refractivity contribution in [3.05, 3.63) is 62.3 Å². The average molecular weight is 497 g/mol. The summed E-state index contributed by atoms with van der Waals surface area (Å²) in [6.07, 6.45) is 0. The molecule has 0 fully saturated rings. The van der Waals surface area contributed by atoms with Crippen molar-refractivity contribution in [3.63, 3.8) is 0 Å². The second kappa shape index (κ2) is 9.35. The Bertz CT molecular complexity index is 1320. The fourth-order valence-electron chi connectivity index (χ4n) is 3.20. The van der Waals surface area contributed by atoms with Crippen LogP contribution in [-0.4, -0.2) is 33.1 Å². The van der Waals surface area contributed by atoms with Crippen LogP contribution in [0.5, 0.6) is 11.5 Å². The lowest BCUT2D eigenvalue weighted by molar-refractivity contribution is -0.116. The number of hydrogen-bond donors (Lipinski definition) is 1. The van der Waals surface area contributed by atoms with E-state index in [0.717, 1.165) is 15.9 Å². The number of nitrogens with zero attached hydrogens (tertiary/aromatic N) is 1. The van der Waals surface area contributed by atoms with Gasteiger partial charge in [-0.05, 0) is 37.6 Å². The molecule has 3 aromatic rings. The second-order valence-corrected chi connectivity index (χ2v) is 10.7. The maximum absolute atomic E-state index is 13.2. The Kier molecular flexibility index (Phi) is 6.97. The smallest absolute Gasteiger partial charge is 0.270 e. The van der Waals surface area contributed by atoms with Crippen molar-refractivity contribution in [1.29, 1.82) is 0 Å². The Morgan fingerprint density at radius 3 is 2.25 bits per heavy atom. The molecule has 0 atom stereocenters. The number of carbonyl (C=O) groups is 1. The summed E-state index contributed by atoms with van der Waals surface area (Å²) in [5.41, 5.74) is 0.385. The SMILES string of the molecule is COc1cc(NC(=O)Cn2c(C)cc(C)c(S(=O)(=O)c3ccc(Cl)s3)c2=O)cc(OC)c1. The van der Waals surface area contributed by atoms with Gasteiger partial charge in [-0.15, -0.1) is 11.3 Å². The van der Waals surface area contributed by atoms with Gasteiger partial charge in [-0.1, -0.05) is 11.6 Å². The highest BCUT2D eigenvalue weighted by atomic mass is 35.5. The normalized spacial score (nSPS) is 11.3. The second-order valence-electron chi connectivity index (χ2n) is 6.90. The van der Waals surface area contributed by atoms with Crippen LogP contribution in [0.2, 0.25) is 4.34 Å². The number of methoxy groups -OCH3 is 2. The third-order valence-electron chi connectivity index (χ3n) is 4.67. The molecule has 0 saturated carbocycles. The van der Waals surface area contributed by atoms with E-state index in [-0.39, 0.29) is 15.6 Å². The van der Waals surface area contributed by atoms with Crippen molar-refractivity contribution >= 4 is 44.4 Å². The topological polar surface area (TPSA) is 104 Å². The molecule has 0 unspecified atom stereocenters. The van der Waals surface area contributed by atoms with Gasteiger partial charge in [0.2, 0.25) is 15.7 Å². The van der Waals surface area contributed by atoms with Gasteiger partial charge in [0, 0.05) is 29.6 Å². The van der Waals surface area contributed by atoms with Crippen LogP contribution in [0, 0.1) is 13.8 Å². The number of ether oxygens (including phenoxy) is 2. The van der Waals surface area contributed by atoms with E-state index in [1.54, 1.807) is 38.1 Å². The minimum absolute atomic E-state index is 0.0361. The van der Waals surface area contributed by atoms with E-state index in [0.29, 0.717) is 32.8 Å². The van der Waals surface area contributed by atoms with E-state index in [9.17, 15) is 18.0 Å². The minimum Gasteiger partial charge on any atom is -0.497 e. The highest BCUT2D eigenvalue weighted by Crippen LogP contribution is 2.30. The molecular weight excluding hydrogens is 476 g/mol. The van der Waals surface area contributed by atoms with Crippen molar-refractivity contribution in [2.75, 3.05) is 19.5 Å². The van der Waals surface area contributed by atoms with Gasteiger partial charge in [0.1, 0.15) is 27.1 Å². The van der Waals surface area contributed by atoms with Crippen LogP contribution in [0.1, 0.15) is 11.3 Å². The summed E-state index contributed by atoms with van der Waals surface area (Å²) in [6, 6.07) is 9.22. The Hall–Kier alpha value is -2.82. The molecule has 0 saturated heterocycles. The molecule has 8 nitrogen and oxygen atoms in total. The molecule has 1 amide bonds. The zero-order valence-electron chi connectivity index (χ0n) is 17.8. The van der Waals surface area contributed by atoms with Crippen LogP contribution in [0.15, 0.2) is 50.3 Å². The number of aromatic nitrogens is 1. The standard InChI is InChI=1S/C21H21ClN2O6S2/c1-12-7-13(2)24(21(26)20(12)32(27,28)19-6-5-17(22)31-19)11-18(25)23-14-8-15(29-3)10-16(9-14)30-4/h5-10H,11H2,1-4H3,(H,23,25). The number of rotatable bonds is 7. The molecule has 0 aliphatic carbocycles. The van der Waals surface area contributed by atoms with Crippen molar-refractivity contribution in [2.24, 2.45) is 0 Å². The number of benzene rings is 1. The van der Waals surface area contributed by atoms with Crippen molar-refractivity contribution in [1.82, 2.24) is 4.57 Å². The molecule has 2 aromatic heterocycles. The predicted octanol–water partition coefficient (Wildman–Crippen LogP) is 3.67. The summed E-state index contributed by atoms with van der Waals surface area (Å²) >= 11 is 6.74. The first-order valence-electron chi connectivity index (χ1n) is 9.31. The number of hydrogen-bond acceptors (Lipinski definition) is 7. The summed E-state index contributed by atoms with van der Waals surface area (Å²) in [5, 5.41) is 2.68. The first-order chi connectivity index (χ1) is 15.1. The highest BCUT2D eigenvalue weighted by molar-refractivity contribution is 7.93. The number of aryl methyl sites for hydroxylation is 2. The van der Waals surface area contributed by atoms with Crippen LogP contribution in [-0.2, 0) is 21.2 Å². The zero-order valence-corrected chi connectivity index (χ0v) is 20.2. The Labute approximate surface area is 194 Å². The Balaban J connectivity index is 1.97. The molecule has 32 heavy (non-hydrogen) atoms. The van der Waals surface area contributed by atoms with Crippen LogP contribution >= 0.6 is 22.9 Å². The number of sulfone groups is 1. The maximum Gasteiger partial charge on any atom is 0.270 e. The summed E-state index contributed by atoms with van der Waals surface area (Å²) in [5.74, 6) is 0.439. The number of halogens is 1. The first-order valence-corrected chi connectivity index (χ1v) is 12.0. The summed E-state index contributed by atoms with van der Waals surface area (Å²) in [4.78, 5) is 25.5. The monoisotopic (exact) mass is 496 g/mol. The average Bonchev–Trinajstić information content (AvgIpc) is 3.17. The fourth-order valence-corrected chi connectivity index (χ4v) is 6.34. The fraction of sp³-hybridized carbons (Fsp3) is 0.238. The zero-order chi connectivity index (χ0) is 23.6. The van der Waals surface area contributed by atoms with Crippen molar-refractivity contribution < 1.29 is 22.7 Å². The predicted molar refractivity (Wildman–Crippen MR) is 123 cm³/mol. The number of amides is 1. The van der Waals surface area contributed by atoms with Gasteiger partial charge < -0.3 is 19.4 Å². The third-order valence-corrected chi connectivity index (χ3v) is 8.30.